The summed E-state index contributed by atoms with van der Waals surface area (Å²) >= 11 is 3.41. The van der Waals surface area contributed by atoms with Crippen molar-refractivity contribution in [1.82, 2.24) is 19.5 Å². The molecule has 0 atom stereocenters. The Balaban J connectivity index is 2.19. The molecule has 6 nitrogen and oxygen atoms in total. The van der Waals surface area contributed by atoms with Gasteiger partial charge in [0.05, 0.1) is 13.3 Å². The third-order valence-electron chi connectivity index (χ3n) is 2.28. The highest BCUT2D eigenvalue weighted by atomic mass is 79.9. The van der Waals surface area contributed by atoms with Gasteiger partial charge in [0.2, 0.25) is 5.82 Å². The SMILES string of the molecule is COc1nc(-c2cnc3ccc(Br)cn23)no1. The first-order valence-electron chi connectivity index (χ1n) is 4.78. The fraction of sp³-hybridized carbons (Fsp3) is 0.100. The molecule has 3 aromatic rings. The second kappa shape index (κ2) is 3.85. The van der Waals surface area contributed by atoms with E-state index in [9.17, 15) is 0 Å². The topological polar surface area (TPSA) is 65.5 Å². The van der Waals surface area contributed by atoms with Crippen LogP contribution in [0.4, 0.5) is 0 Å². The molecule has 0 aliphatic rings. The highest BCUT2D eigenvalue weighted by Crippen LogP contribution is 2.21. The Labute approximate surface area is 104 Å². The van der Waals surface area contributed by atoms with Crippen molar-refractivity contribution in [2.75, 3.05) is 7.11 Å². The van der Waals surface area contributed by atoms with Crippen LogP contribution in [0.5, 0.6) is 6.08 Å². The molecule has 3 heterocycles. The van der Waals surface area contributed by atoms with Crippen LogP contribution in [-0.4, -0.2) is 26.6 Å². The first-order chi connectivity index (χ1) is 8.28. The van der Waals surface area contributed by atoms with Gasteiger partial charge in [-0.15, -0.1) is 0 Å². The maximum atomic E-state index is 4.88. The van der Waals surface area contributed by atoms with Gasteiger partial charge < -0.3 is 4.74 Å². The number of methoxy groups -OCH3 is 1. The van der Waals surface area contributed by atoms with Gasteiger partial charge in [0.15, 0.2) is 0 Å². The molecule has 0 spiro atoms. The zero-order valence-electron chi connectivity index (χ0n) is 8.79. The number of nitrogens with zero attached hydrogens (tertiary/aromatic N) is 4. The molecule has 0 radical (unpaired) electrons. The first-order valence-corrected chi connectivity index (χ1v) is 5.58. The summed E-state index contributed by atoms with van der Waals surface area (Å²) in [6.07, 6.45) is 3.71. The Morgan fingerprint density at radius 2 is 2.29 bits per heavy atom. The van der Waals surface area contributed by atoms with Crippen LogP contribution in [-0.2, 0) is 0 Å². The van der Waals surface area contributed by atoms with Gasteiger partial charge in [-0.1, -0.05) is 5.16 Å². The van der Waals surface area contributed by atoms with Gasteiger partial charge in [-0.05, 0) is 28.1 Å². The predicted octanol–water partition coefficient (Wildman–Crippen LogP) is 2.16. The standard InChI is InChI=1S/C10H7BrN4O2/c1-16-10-13-9(14-17-10)7-4-12-8-3-2-6(11)5-15(7)8/h2-5H,1H3. The fourth-order valence-corrected chi connectivity index (χ4v) is 1.85. The second-order valence-corrected chi connectivity index (χ2v) is 4.22. The molecular formula is C10H7BrN4O2. The first kappa shape index (κ1) is 10.3. The third kappa shape index (κ3) is 1.68. The van der Waals surface area contributed by atoms with E-state index >= 15 is 0 Å². The Morgan fingerprint density at radius 1 is 1.41 bits per heavy atom. The molecule has 3 aromatic heterocycles. The van der Waals surface area contributed by atoms with Crippen LogP contribution in [0.15, 0.2) is 33.5 Å². The van der Waals surface area contributed by atoms with E-state index in [1.54, 1.807) is 6.20 Å². The summed E-state index contributed by atoms with van der Waals surface area (Å²) in [7, 11) is 1.47. The minimum atomic E-state index is 0.130. The van der Waals surface area contributed by atoms with E-state index in [0.717, 1.165) is 15.8 Å². The molecule has 0 saturated heterocycles. The number of ether oxygens (including phenoxy) is 1. The Morgan fingerprint density at radius 3 is 3.06 bits per heavy atom. The highest BCUT2D eigenvalue weighted by molar-refractivity contribution is 9.10. The number of hydrogen-bond donors (Lipinski definition) is 0. The van der Waals surface area contributed by atoms with Crippen molar-refractivity contribution in [2.45, 2.75) is 0 Å². The smallest absolute Gasteiger partial charge is 0.417 e. The maximum absolute atomic E-state index is 4.88. The van der Waals surface area contributed by atoms with Crippen molar-refractivity contribution >= 4 is 21.6 Å². The predicted molar refractivity (Wildman–Crippen MR) is 62.7 cm³/mol. The minimum absolute atomic E-state index is 0.130. The molecule has 0 amide bonds. The molecule has 17 heavy (non-hydrogen) atoms. The maximum Gasteiger partial charge on any atom is 0.417 e. The monoisotopic (exact) mass is 294 g/mol. The molecule has 0 aliphatic heterocycles. The van der Waals surface area contributed by atoms with Crippen molar-refractivity contribution < 1.29 is 9.26 Å². The van der Waals surface area contributed by atoms with Crippen molar-refractivity contribution in [2.24, 2.45) is 0 Å². The van der Waals surface area contributed by atoms with Crippen molar-refractivity contribution in [3.05, 3.63) is 29.0 Å². The summed E-state index contributed by atoms with van der Waals surface area (Å²) < 4.78 is 12.5. The summed E-state index contributed by atoms with van der Waals surface area (Å²) in [5, 5.41) is 3.82. The van der Waals surface area contributed by atoms with Crippen molar-refractivity contribution in [3.63, 3.8) is 0 Å². The molecule has 86 valence electrons. The number of pyridine rings is 1. The van der Waals surface area contributed by atoms with E-state index in [-0.39, 0.29) is 6.08 Å². The molecule has 7 heteroatoms. The van der Waals surface area contributed by atoms with Crippen molar-refractivity contribution in [1.29, 1.82) is 0 Å². The zero-order chi connectivity index (χ0) is 11.8. The van der Waals surface area contributed by atoms with Gasteiger partial charge in [0, 0.05) is 10.7 Å². The highest BCUT2D eigenvalue weighted by Gasteiger charge is 2.13. The fourth-order valence-electron chi connectivity index (χ4n) is 1.52. The number of rotatable bonds is 2. The van der Waals surface area contributed by atoms with Crippen LogP contribution < -0.4 is 4.74 Å². The lowest BCUT2D eigenvalue weighted by molar-refractivity contribution is 0.250. The summed E-state index contributed by atoms with van der Waals surface area (Å²) in [5.74, 6) is 0.437. The largest absolute Gasteiger partial charge is 0.452 e. The molecule has 0 aliphatic carbocycles. The lowest BCUT2D eigenvalue weighted by Crippen LogP contribution is -1.89. The number of aromatic nitrogens is 4. The summed E-state index contributed by atoms with van der Waals surface area (Å²) in [6, 6.07) is 3.81. The molecule has 0 N–H and O–H groups in total. The molecule has 0 bridgehead atoms. The van der Waals surface area contributed by atoms with Crippen LogP contribution in [0.25, 0.3) is 17.2 Å². The Hall–Kier alpha value is -1.89. The lowest BCUT2D eigenvalue weighted by Gasteiger charge is -1.97. The lowest BCUT2D eigenvalue weighted by atomic mass is 10.4. The Kier molecular flexibility index (Phi) is 2.32. The molecular weight excluding hydrogens is 288 g/mol. The number of fused-ring (bicyclic) bond motifs is 1. The van der Waals surface area contributed by atoms with Gasteiger partial charge in [-0.3, -0.25) is 8.92 Å². The molecule has 3 rings (SSSR count). The molecule has 0 unspecified atom stereocenters. The van der Waals surface area contributed by atoms with Gasteiger partial charge in [0.1, 0.15) is 11.3 Å². The van der Waals surface area contributed by atoms with E-state index in [0.29, 0.717) is 5.82 Å². The van der Waals surface area contributed by atoms with Gasteiger partial charge in [-0.25, -0.2) is 4.98 Å². The van der Waals surface area contributed by atoms with Crippen LogP contribution in [0.1, 0.15) is 0 Å². The third-order valence-corrected chi connectivity index (χ3v) is 2.75. The van der Waals surface area contributed by atoms with Crippen LogP contribution in [0.3, 0.4) is 0 Å². The average molecular weight is 295 g/mol. The number of halogens is 1. The number of imidazole rings is 1. The summed E-state index contributed by atoms with van der Waals surface area (Å²) in [5.41, 5.74) is 1.56. The van der Waals surface area contributed by atoms with Gasteiger partial charge in [0.25, 0.3) is 0 Å². The average Bonchev–Trinajstić information content (AvgIpc) is 2.93. The van der Waals surface area contributed by atoms with Crippen LogP contribution in [0, 0.1) is 0 Å². The van der Waals surface area contributed by atoms with E-state index in [2.05, 4.69) is 31.1 Å². The van der Waals surface area contributed by atoms with Gasteiger partial charge >= 0.3 is 6.08 Å². The van der Waals surface area contributed by atoms with E-state index in [1.807, 2.05) is 22.7 Å². The summed E-state index contributed by atoms with van der Waals surface area (Å²) in [6.45, 7) is 0. The van der Waals surface area contributed by atoms with Crippen molar-refractivity contribution in [3.8, 4) is 17.6 Å². The quantitative estimate of drug-likeness (QED) is 0.724. The normalized spacial score (nSPS) is 10.9. The van der Waals surface area contributed by atoms with Crippen LogP contribution in [0.2, 0.25) is 0 Å². The zero-order valence-corrected chi connectivity index (χ0v) is 10.4. The minimum Gasteiger partial charge on any atom is -0.452 e. The van der Waals surface area contributed by atoms with Gasteiger partial charge in [-0.2, -0.15) is 4.98 Å². The van der Waals surface area contributed by atoms with E-state index < -0.39 is 0 Å². The second-order valence-electron chi connectivity index (χ2n) is 3.31. The van der Waals surface area contributed by atoms with E-state index in [1.165, 1.54) is 7.11 Å². The van der Waals surface area contributed by atoms with Crippen LogP contribution >= 0.6 is 15.9 Å². The molecule has 0 saturated carbocycles. The summed E-state index contributed by atoms with van der Waals surface area (Å²) in [4.78, 5) is 8.33. The van der Waals surface area contributed by atoms with E-state index in [4.69, 9.17) is 9.26 Å². The number of hydrogen-bond acceptors (Lipinski definition) is 5. The Bertz CT molecular complexity index is 676. The molecule has 0 aromatic carbocycles. The molecule has 0 fully saturated rings.